The molecular formula is C12H16N4O. The Morgan fingerprint density at radius 3 is 3.24 bits per heavy atom. The number of fused-ring (bicyclic) bond motifs is 1. The molecule has 1 N–H and O–H groups in total. The van der Waals surface area contributed by atoms with Crippen molar-refractivity contribution in [2.75, 3.05) is 20.3 Å². The number of nitrogens with zero attached hydrogens (tertiary/aromatic N) is 3. The Balaban J connectivity index is 2.00. The summed E-state index contributed by atoms with van der Waals surface area (Å²) in [6.07, 6.45) is 8.51. The van der Waals surface area contributed by atoms with Crippen LogP contribution in [0.3, 0.4) is 0 Å². The average molecular weight is 232 g/mol. The van der Waals surface area contributed by atoms with Crippen LogP contribution in [0.1, 0.15) is 18.0 Å². The van der Waals surface area contributed by atoms with Gasteiger partial charge in [-0.15, -0.1) is 0 Å². The normalized spacial score (nSPS) is 22.1. The maximum atomic E-state index is 5.47. The fraction of sp³-hybridized carbons (Fsp3) is 0.500. The molecule has 0 amide bonds. The van der Waals surface area contributed by atoms with Gasteiger partial charge < -0.3 is 10.1 Å². The molecule has 2 aromatic heterocycles. The summed E-state index contributed by atoms with van der Waals surface area (Å²) in [5.74, 6) is 0.521. The first-order valence-electron chi connectivity index (χ1n) is 5.92. The van der Waals surface area contributed by atoms with E-state index in [9.17, 15) is 0 Å². The van der Waals surface area contributed by atoms with Gasteiger partial charge in [0.25, 0.3) is 0 Å². The highest BCUT2D eigenvalue weighted by Gasteiger charge is 2.27. The molecule has 2 aromatic rings. The Hall–Kier alpha value is -1.46. The zero-order valence-electron chi connectivity index (χ0n) is 9.84. The summed E-state index contributed by atoms with van der Waals surface area (Å²) in [4.78, 5) is 4.17. The molecule has 90 valence electrons. The van der Waals surface area contributed by atoms with Crippen LogP contribution in [0.4, 0.5) is 0 Å². The quantitative estimate of drug-likeness (QED) is 0.858. The van der Waals surface area contributed by atoms with Gasteiger partial charge >= 0.3 is 0 Å². The molecule has 5 nitrogen and oxygen atoms in total. The van der Waals surface area contributed by atoms with E-state index in [2.05, 4.69) is 15.4 Å². The Morgan fingerprint density at radius 1 is 1.53 bits per heavy atom. The fourth-order valence-corrected chi connectivity index (χ4v) is 2.55. The van der Waals surface area contributed by atoms with E-state index in [1.165, 1.54) is 5.56 Å². The predicted molar refractivity (Wildman–Crippen MR) is 63.7 cm³/mol. The lowest BCUT2D eigenvalue weighted by Gasteiger charge is -2.20. The lowest BCUT2D eigenvalue weighted by atomic mass is 9.93. The lowest BCUT2D eigenvalue weighted by molar-refractivity contribution is 0.178. The van der Waals surface area contributed by atoms with Crippen molar-refractivity contribution < 1.29 is 4.74 Å². The van der Waals surface area contributed by atoms with E-state index < -0.39 is 0 Å². The zero-order chi connectivity index (χ0) is 11.7. The first-order valence-corrected chi connectivity index (χ1v) is 5.92. The van der Waals surface area contributed by atoms with Crippen LogP contribution in [0.15, 0.2) is 24.8 Å². The minimum atomic E-state index is 0.291. The molecule has 0 spiro atoms. The smallest absolute Gasteiger partial charge is 0.0892 e. The Morgan fingerprint density at radius 2 is 2.47 bits per heavy atom. The minimum absolute atomic E-state index is 0.291. The van der Waals surface area contributed by atoms with Gasteiger partial charge in [-0.2, -0.15) is 5.10 Å². The molecular weight excluding hydrogens is 216 g/mol. The van der Waals surface area contributed by atoms with E-state index in [4.69, 9.17) is 4.74 Å². The van der Waals surface area contributed by atoms with Crippen molar-refractivity contribution in [2.24, 2.45) is 5.92 Å². The van der Waals surface area contributed by atoms with Gasteiger partial charge in [0.05, 0.1) is 24.5 Å². The van der Waals surface area contributed by atoms with Gasteiger partial charge in [-0.3, -0.25) is 4.98 Å². The third kappa shape index (κ3) is 1.81. The molecule has 5 heteroatoms. The molecule has 0 aliphatic carbocycles. The highest BCUT2D eigenvalue weighted by atomic mass is 16.5. The number of aromatic nitrogens is 3. The van der Waals surface area contributed by atoms with Crippen LogP contribution in [0.5, 0.6) is 0 Å². The van der Waals surface area contributed by atoms with Crippen molar-refractivity contribution in [1.82, 2.24) is 19.9 Å². The second kappa shape index (κ2) is 4.43. The van der Waals surface area contributed by atoms with Gasteiger partial charge in [-0.25, -0.2) is 4.52 Å². The highest BCUT2D eigenvalue weighted by Crippen LogP contribution is 2.30. The minimum Gasteiger partial charge on any atom is -0.381 e. The van der Waals surface area contributed by atoms with Gasteiger partial charge in [0.2, 0.25) is 0 Å². The van der Waals surface area contributed by atoms with Crippen LogP contribution in [0.2, 0.25) is 0 Å². The standard InChI is InChI=1S/C12H16N4O/c1-13-12(9-2-5-17-8-9)10-6-15-16-4-3-14-7-11(10)16/h3-4,6-7,9,12-13H,2,5,8H2,1H3. The lowest BCUT2D eigenvalue weighted by Crippen LogP contribution is -2.25. The molecule has 1 fully saturated rings. The molecule has 0 bridgehead atoms. The summed E-state index contributed by atoms with van der Waals surface area (Å²) in [6, 6.07) is 0.291. The van der Waals surface area contributed by atoms with Crippen LogP contribution in [-0.2, 0) is 4.74 Å². The highest BCUT2D eigenvalue weighted by molar-refractivity contribution is 5.53. The molecule has 0 saturated carbocycles. The van der Waals surface area contributed by atoms with Crippen LogP contribution >= 0.6 is 0 Å². The van der Waals surface area contributed by atoms with E-state index in [-0.39, 0.29) is 0 Å². The summed E-state index contributed by atoms with van der Waals surface area (Å²) in [7, 11) is 1.99. The van der Waals surface area contributed by atoms with E-state index in [1.54, 1.807) is 6.20 Å². The van der Waals surface area contributed by atoms with Gasteiger partial charge in [0.15, 0.2) is 0 Å². The SMILES string of the molecule is CNC(c1cnn2ccncc12)C1CCOC1. The summed E-state index contributed by atoms with van der Waals surface area (Å²) in [5.41, 5.74) is 2.27. The van der Waals surface area contributed by atoms with Crippen molar-refractivity contribution in [2.45, 2.75) is 12.5 Å². The maximum Gasteiger partial charge on any atom is 0.0892 e. The molecule has 3 heterocycles. The molecule has 3 rings (SSSR count). The van der Waals surface area contributed by atoms with Gasteiger partial charge in [-0.05, 0) is 13.5 Å². The van der Waals surface area contributed by atoms with Gasteiger partial charge in [-0.1, -0.05) is 0 Å². The molecule has 0 radical (unpaired) electrons. The molecule has 0 aromatic carbocycles. The zero-order valence-corrected chi connectivity index (χ0v) is 9.84. The largest absolute Gasteiger partial charge is 0.381 e. The van der Waals surface area contributed by atoms with Crippen molar-refractivity contribution in [3.63, 3.8) is 0 Å². The van der Waals surface area contributed by atoms with Gasteiger partial charge in [0.1, 0.15) is 0 Å². The second-order valence-electron chi connectivity index (χ2n) is 4.40. The second-order valence-corrected chi connectivity index (χ2v) is 4.40. The monoisotopic (exact) mass is 232 g/mol. The average Bonchev–Trinajstić information content (AvgIpc) is 3.01. The van der Waals surface area contributed by atoms with Crippen LogP contribution in [-0.4, -0.2) is 34.9 Å². The van der Waals surface area contributed by atoms with Crippen molar-refractivity contribution >= 4 is 5.52 Å². The van der Waals surface area contributed by atoms with Crippen LogP contribution in [0.25, 0.3) is 5.52 Å². The van der Waals surface area contributed by atoms with E-state index in [0.717, 1.165) is 25.2 Å². The number of hydrogen-bond donors (Lipinski definition) is 1. The predicted octanol–water partition coefficient (Wildman–Crippen LogP) is 1.03. The van der Waals surface area contributed by atoms with Crippen molar-refractivity contribution in [1.29, 1.82) is 0 Å². The van der Waals surface area contributed by atoms with Gasteiger partial charge in [0, 0.05) is 36.5 Å². The van der Waals surface area contributed by atoms with Crippen molar-refractivity contribution in [3.8, 4) is 0 Å². The Kier molecular flexibility index (Phi) is 2.78. The van der Waals surface area contributed by atoms with Crippen molar-refractivity contribution in [3.05, 3.63) is 30.4 Å². The molecule has 17 heavy (non-hydrogen) atoms. The summed E-state index contributed by atoms with van der Waals surface area (Å²) >= 11 is 0. The van der Waals surface area contributed by atoms with E-state index in [1.807, 2.05) is 30.2 Å². The topological polar surface area (TPSA) is 51.5 Å². The fourth-order valence-electron chi connectivity index (χ4n) is 2.55. The Bertz CT molecular complexity index is 504. The van der Waals surface area contributed by atoms with Crippen LogP contribution in [0, 0.1) is 5.92 Å². The first-order chi connectivity index (χ1) is 8.40. The number of nitrogens with one attached hydrogen (secondary N) is 1. The molecule has 2 atom stereocenters. The van der Waals surface area contributed by atoms with E-state index in [0.29, 0.717) is 12.0 Å². The molecule has 1 aliphatic heterocycles. The van der Waals surface area contributed by atoms with Crippen LogP contribution < -0.4 is 5.32 Å². The summed E-state index contributed by atoms with van der Waals surface area (Å²) in [5, 5.41) is 7.73. The third-order valence-corrected chi connectivity index (χ3v) is 3.44. The molecule has 2 unspecified atom stereocenters. The number of hydrogen-bond acceptors (Lipinski definition) is 4. The molecule has 1 saturated heterocycles. The first kappa shape index (κ1) is 10.7. The maximum absolute atomic E-state index is 5.47. The summed E-state index contributed by atoms with van der Waals surface area (Å²) < 4.78 is 7.33. The van der Waals surface area contributed by atoms with E-state index >= 15 is 0 Å². The Labute approximate surface area is 99.8 Å². The molecule has 1 aliphatic rings. The number of rotatable bonds is 3. The third-order valence-electron chi connectivity index (χ3n) is 3.44. The number of ether oxygens (including phenoxy) is 1. The summed E-state index contributed by atoms with van der Waals surface area (Å²) in [6.45, 7) is 1.68.